The van der Waals surface area contributed by atoms with Gasteiger partial charge in [-0.3, -0.25) is 18.3 Å². The number of benzene rings is 2. The van der Waals surface area contributed by atoms with Crippen molar-refractivity contribution in [2.75, 3.05) is 7.11 Å². The molecule has 7 nitrogen and oxygen atoms in total. The van der Waals surface area contributed by atoms with Gasteiger partial charge in [0.15, 0.2) is 11.6 Å². The van der Waals surface area contributed by atoms with Crippen LogP contribution in [0.1, 0.15) is 31.8 Å². The van der Waals surface area contributed by atoms with Gasteiger partial charge in [0.05, 0.1) is 12.7 Å². The normalized spacial score (nSPS) is 12.8. The van der Waals surface area contributed by atoms with E-state index in [1.54, 1.807) is 36.4 Å². The van der Waals surface area contributed by atoms with Crippen molar-refractivity contribution in [2.45, 2.75) is 0 Å². The van der Waals surface area contributed by atoms with Crippen LogP contribution in [0.2, 0.25) is 0 Å². The van der Waals surface area contributed by atoms with Gasteiger partial charge in [-0.15, -0.1) is 0 Å². The number of fused-ring (bicyclic) bond motifs is 2. The minimum atomic E-state index is -4.16. The van der Waals surface area contributed by atoms with Crippen molar-refractivity contribution >= 4 is 22.0 Å². The van der Waals surface area contributed by atoms with Gasteiger partial charge in [-0.05, 0) is 6.07 Å². The van der Waals surface area contributed by atoms with Gasteiger partial charge < -0.3 is 5.11 Å². The highest BCUT2D eigenvalue weighted by Crippen LogP contribution is 2.32. The van der Waals surface area contributed by atoms with E-state index in [1.807, 2.05) is 0 Å². The minimum Gasteiger partial charge on any atom is -0.507 e. The van der Waals surface area contributed by atoms with Gasteiger partial charge in [0.2, 0.25) is 0 Å². The molecule has 8 heteroatoms. The Morgan fingerprint density at radius 3 is 1.87 bits per heavy atom. The third kappa shape index (κ3) is 3.45. The predicted molar refractivity (Wildman–Crippen MR) is 80.0 cm³/mol. The van der Waals surface area contributed by atoms with Crippen LogP contribution in [0.5, 0.6) is 5.75 Å². The van der Waals surface area contributed by atoms with E-state index in [0.29, 0.717) is 11.1 Å². The minimum absolute atomic E-state index is 0.108. The predicted octanol–water partition coefficient (Wildman–Crippen LogP) is 1.60. The molecule has 0 unspecified atom stereocenters. The number of carbonyl (C=O) groups excluding carboxylic acids is 2. The summed E-state index contributed by atoms with van der Waals surface area (Å²) >= 11 is 0. The molecule has 0 bridgehead atoms. The van der Waals surface area contributed by atoms with Crippen molar-refractivity contribution in [3.05, 3.63) is 64.7 Å². The van der Waals surface area contributed by atoms with Gasteiger partial charge in [0.1, 0.15) is 5.75 Å². The smallest absolute Gasteiger partial charge is 0.397 e. The van der Waals surface area contributed by atoms with Crippen LogP contribution in [0.15, 0.2) is 42.5 Å². The summed E-state index contributed by atoms with van der Waals surface area (Å²) in [6, 6.07) is 11.2. The fraction of sp³-hybridized carbons (Fsp3) is 0.0667. The van der Waals surface area contributed by atoms with E-state index in [2.05, 4.69) is 4.18 Å². The summed E-state index contributed by atoms with van der Waals surface area (Å²) < 4.78 is 29.7. The molecule has 2 N–H and O–H groups in total. The van der Waals surface area contributed by atoms with E-state index in [4.69, 9.17) is 4.55 Å². The Labute approximate surface area is 132 Å². The van der Waals surface area contributed by atoms with Crippen LogP contribution in [0, 0.1) is 0 Å². The fourth-order valence-electron chi connectivity index (χ4n) is 2.13. The van der Waals surface area contributed by atoms with Crippen molar-refractivity contribution in [2.24, 2.45) is 0 Å². The van der Waals surface area contributed by atoms with E-state index in [1.165, 1.54) is 6.07 Å². The Bertz CT molecular complexity index is 884. The molecule has 23 heavy (non-hydrogen) atoms. The van der Waals surface area contributed by atoms with Crippen LogP contribution in [0.3, 0.4) is 0 Å². The lowest BCUT2D eigenvalue weighted by atomic mass is 9.84. The van der Waals surface area contributed by atoms with Crippen molar-refractivity contribution in [1.29, 1.82) is 0 Å². The van der Waals surface area contributed by atoms with Crippen LogP contribution in [0.4, 0.5) is 0 Å². The average molecular weight is 336 g/mol. The summed E-state index contributed by atoms with van der Waals surface area (Å²) in [4.78, 5) is 24.3. The number of hydrogen-bond donors (Lipinski definition) is 2. The van der Waals surface area contributed by atoms with Gasteiger partial charge in [-0.25, -0.2) is 0 Å². The highest BCUT2D eigenvalue weighted by molar-refractivity contribution is 7.80. The Morgan fingerprint density at radius 1 is 0.870 bits per heavy atom. The van der Waals surface area contributed by atoms with Crippen molar-refractivity contribution in [3.8, 4) is 5.75 Å². The highest BCUT2D eigenvalue weighted by atomic mass is 32.3. The first kappa shape index (κ1) is 16.8. The van der Waals surface area contributed by atoms with E-state index < -0.39 is 10.4 Å². The molecule has 0 atom stereocenters. The lowest BCUT2D eigenvalue weighted by molar-refractivity contribution is 0.0976. The second kappa shape index (κ2) is 6.29. The average Bonchev–Trinajstić information content (AvgIpc) is 2.52. The molecule has 120 valence electrons. The largest absolute Gasteiger partial charge is 0.507 e. The van der Waals surface area contributed by atoms with E-state index in [9.17, 15) is 23.1 Å². The standard InChI is InChI=1S/C14H8O3.CH4O4S/c15-11-7-3-6-10-12(11)14(17)9-5-2-1-4-8(9)13(10)16;1-5-6(2,3)4/h1-7,15H;1H3,(H,2,3,4). The third-order valence-corrected chi connectivity index (χ3v) is 3.56. The first-order chi connectivity index (χ1) is 10.8. The second-order valence-electron chi connectivity index (χ2n) is 4.50. The van der Waals surface area contributed by atoms with Crippen LogP contribution >= 0.6 is 0 Å². The zero-order valence-electron chi connectivity index (χ0n) is 11.9. The summed E-state index contributed by atoms with van der Waals surface area (Å²) in [6.07, 6.45) is 0. The summed E-state index contributed by atoms with van der Waals surface area (Å²) in [7, 11) is -3.29. The fourth-order valence-corrected chi connectivity index (χ4v) is 2.13. The van der Waals surface area contributed by atoms with Crippen LogP contribution in [-0.4, -0.2) is 36.8 Å². The highest BCUT2D eigenvalue weighted by Gasteiger charge is 2.31. The van der Waals surface area contributed by atoms with Crippen molar-refractivity contribution in [1.82, 2.24) is 0 Å². The molecule has 0 saturated carbocycles. The molecule has 0 aliphatic heterocycles. The molecule has 0 aromatic heterocycles. The zero-order valence-corrected chi connectivity index (χ0v) is 12.7. The number of rotatable bonds is 1. The number of hydrogen-bond acceptors (Lipinski definition) is 6. The maximum Gasteiger partial charge on any atom is 0.397 e. The molecule has 0 spiro atoms. The maximum absolute atomic E-state index is 12.2. The van der Waals surface area contributed by atoms with Gasteiger partial charge in [0, 0.05) is 16.7 Å². The Hall–Kier alpha value is -2.55. The molecule has 3 rings (SSSR count). The molecule has 2 aromatic carbocycles. The quantitative estimate of drug-likeness (QED) is 0.648. The Morgan fingerprint density at radius 2 is 1.35 bits per heavy atom. The molecule has 0 heterocycles. The second-order valence-corrected chi connectivity index (χ2v) is 5.69. The maximum atomic E-state index is 12.2. The molecular weight excluding hydrogens is 324 g/mol. The number of aromatic hydroxyl groups is 1. The Kier molecular flexibility index (Phi) is 4.60. The van der Waals surface area contributed by atoms with Gasteiger partial charge in [-0.2, -0.15) is 8.42 Å². The first-order valence-electron chi connectivity index (χ1n) is 6.29. The van der Waals surface area contributed by atoms with Gasteiger partial charge in [-0.1, -0.05) is 36.4 Å². The van der Waals surface area contributed by atoms with Crippen molar-refractivity contribution in [3.63, 3.8) is 0 Å². The lowest BCUT2D eigenvalue weighted by Gasteiger charge is -2.17. The van der Waals surface area contributed by atoms with E-state index in [-0.39, 0.29) is 28.4 Å². The van der Waals surface area contributed by atoms with Gasteiger partial charge in [0.25, 0.3) is 0 Å². The SMILES string of the molecule is COS(=O)(=O)O.O=C1c2ccccc2C(=O)c2c(O)cccc21. The van der Waals surface area contributed by atoms with E-state index >= 15 is 0 Å². The van der Waals surface area contributed by atoms with Crippen molar-refractivity contribution < 1.29 is 31.8 Å². The van der Waals surface area contributed by atoms with Crippen LogP contribution in [-0.2, 0) is 14.6 Å². The third-order valence-electron chi connectivity index (χ3n) is 3.14. The molecule has 0 radical (unpaired) electrons. The molecule has 2 aromatic rings. The molecule has 0 saturated heterocycles. The molecule has 1 aliphatic rings. The Balaban J connectivity index is 0.000000277. The molecule has 0 amide bonds. The molecular formula is C15H12O7S. The summed E-state index contributed by atoms with van der Waals surface area (Å²) in [6.45, 7) is 0. The topological polar surface area (TPSA) is 118 Å². The monoisotopic (exact) mass is 336 g/mol. The number of phenolic OH excluding ortho intramolecular Hbond substituents is 1. The number of carbonyl (C=O) groups is 2. The summed E-state index contributed by atoms with van der Waals surface area (Å²) in [5.41, 5.74) is 1.13. The van der Waals surface area contributed by atoms with Crippen LogP contribution < -0.4 is 0 Å². The molecule has 0 fully saturated rings. The zero-order chi connectivity index (χ0) is 17.2. The summed E-state index contributed by atoms with van der Waals surface area (Å²) in [5, 5.41) is 9.70. The van der Waals surface area contributed by atoms with Crippen LogP contribution in [0.25, 0.3) is 0 Å². The lowest BCUT2D eigenvalue weighted by Crippen LogP contribution is -2.20. The van der Waals surface area contributed by atoms with Gasteiger partial charge >= 0.3 is 10.4 Å². The number of ketones is 2. The number of phenols is 1. The van der Waals surface area contributed by atoms with E-state index in [0.717, 1.165) is 7.11 Å². The molecule has 1 aliphatic carbocycles. The summed E-state index contributed by atoms with van der Waals surface area (Å²) in [5.74, 6) is -0.658. The first-order valence-corrected chi connectivity index (χ1v) is 7.66.